The summed E-state index contributed by atoms with van der Waals surface area (Å²) >= 11 is 0. The molecule has 2 aliphatic rings. The van der Waals surface area contributed by atoms with E-state index >= 15 is 0 Å². The predicted molar refractivity (Wildman–Crippen MR) is 125 cm³/mol. The van der Waals surface area contributed by atoms with E-state index in [0.717, 1.165) is 6.07 Å². The molecule has 1 aliphatic carbocycles. The highest BCUT2D eigenvalue weighted by Gasteiger charge is 2.43. The highest BCUT2D eigenvalue weighted by atomic mass is 19.4. The maximum absolute atomic E-state index is 14.0. The van der Waals surface area contributed by atoms with Crippen LogP contribution in [-0.2, 0) is 11.8 Å². The Morgan fingerprint density at radius 1 is 1.14 bits per heavy atom. The topological polar surface area (TPSA) is 79.5 Å². The van der Waals surface area contributed by atoms with E-state index in [1.807, 2.05) is 6.92 Å². The second-order valence-electron chi connectivity index (χ2n) is 10.6. The highest BCUT2D eigenvalue weighted by molar-refractivity contribution is 5.82. The lowest BCUT2D eigenvalue weighted by Gasteiger charge is -2.42. The van der Waals surface area contributed by atoms with Crippen molar-refractivity contribution >= 4 is 11.0 Å². The van der Waals surface area contributed by atoms with Gasteiger partial charge < -0.3 is 24.8 Å². The number of ether oxygens (including phenoxy) is 1. The molecule has 2 aromatic carbocycles. The van der Waals surface area contributed by atoms with Gasteiger partial charge in [0.25, 0.3) is 0 Å². The lowest BCUT2D eigenvalue weighted by Crippen LogP contribution is -2.53. The number of alkyl halides is 3. The molecule has 1 aromatic heterocycles. The number of aromatic nitrogens is 2. The lowest BCUT2D eigenvalue weighted by atomic mass is 9.77. The molecule has 0 bridgehead atoms. The summed E-state index contributed by atoms with van der Waals surface area (Å²) in [6, 6.07) is 7.51. The molecule has 6 nitrogen and oxygen atoms in total. The van der Waals surface area contributed by atoms with E-state index in [2.05, 4.69) is 10.3 Å². The first-order valence-electron chi connectivity index (χ1n) is 12.0. The van der Waals surface area contributed by atoms with Crippen molar-refractivity contribution in [2.24, 2.45) is 0 Å². The number of piperidine rings is 1. The number of nitrogens with one attached hydrogen (secondary N) is 1. The fourth-order valence-electron chi connectivity index (χ4n) is 5.71. The number of hydrogen-bond acceptors (Lipinski definition) is 5. The fourth-order valence-corrected chi connectivity index (χ4v) is 5.71. The van der Waals surface area contributed by atoms with Crippen LogP contribution in [0.3, 0.4) is 0 Å². The van der Waals surface area contributed by atoms with Gasteiger partial charge in [0, 0.05) is 24.2 Å². The zero-order valence-electron chi connectivity index (χ0n) is 20.0. The van der Waals surface area contributed by atoms with Crippen molar-refractivity contribution in [3.05, 3.63) is 59.7 Å². The second kappa shape index (κ2) is 8.71. The van der Waals surface area contributed by atoms with Crippen LogP contribution < -0.4 is 10.1 Å². The summed E-state index contributed by atoms with van der Waals surface area (Å²) in [6.07, 6.45) is -1.96. The molecule has 2 heterocycles. The van der Waals surface area contributed by atoms with Crippen LogP contribution in [0, 0.1) is 5.82 Å². The van der Waals surface area contributed by atoms with Crippen molar-refractivity contribution in [2.75, 3.05) is 6.61 Å². The van der Waals surface area contributed by atoms with E-state index in [9.17, 15) is 27.8 Å². The molecule has 3 N–H and O–H groups in total. The van der Waals surface area contributed by atoms with E-state index in [1.54, 1.807) is 19.1 Å². The summed E-state index contributed by atoms with van der Waals surface area (Å²) in [7, 11) is 0. The Bertz CT molecular complexity index is 1270. The average molecular weight is 508 g/mol. The van der Waals surface area contributed by atoms with Gasteiger partial charge >= 0.3 is 6.18 Å². The summed E-state index contributed by atoms with van der Waals surface area (Å²) in [5.74, 6) is -0.423. The summed E-state index contributed by atoms with van der Waals surface area (Å²) in [4.78, 5) is 4.19. The minimum atomic E-state index is -4.63. The number of fused-ring (bicyclic) bond motifs is 1. The van der Waals surface area contributed by atoms with Gasteiger partial charge in [0.1, 0.15) is 18.2 Å². The zero-order valence-corrected chi connectivity index (χ0v) is 20.0. The van der Waals surface area contributed by atoms with Crippen molar-refractivity contribution < 1.29 is 32.5 Å². The zero-order chi connectivity index (χ0) is 25.9. The maximum atomic E-state index is 14.0. The van der Waals surface area contributed by atoms with Gasteiger partial charge in [-0.3, -0.25) is 0 Å². The maximum Gasteiger partial charge on any atom is 0.418 e. The number of benzene rings is 2. The first-order chi connectivity index (χ1) is 16.8. The Morgan fingerprint density at radius 3 is 2.56 bits per heavy atom. The Balaban J connectivity index is 1.38. The van der Waals surface area contributed by atoms with Gasteiger partial charge in [-0.2, -0.15) is 13.2 Å². The second-order valence-corrected chi connectivity index (χ2v) is 10.6. The van der Waals surface area contributed by atoms with Crippen LogP contribution in [0.4, 0.5) is 17.6 Å². The van der Waals surface area contributed by atoms with Crippen LogP contribution in [-0.4, -0.2) is 44.1 Å². The molecule has 1 saturated carbocycles. The van der Waals surface area contributed by atoms with Gasteiger partial charge in [0.2, 0.25) is 0 Å². The van der Waals surface area contributed by atoms with Crippen LogP contribution in [0.25, 0.3) is 11.0 Å². The van der Waals surface area contributed by atoms with E-state index < -0.39 is 28.8 Å². The van der Waals surface area contributed by atoms with E-state index in [-0.39, 0.29) is 47.9 Å². The van der Waals surface area contributed by atoms with Gasteiger partial charge in [-0.05, 0) is 63.3 Å². The largest absolute Gasteiger partial charge is 0.492 e. The minimum Gasteiger partial charge on any atom is -0.492 e. The molecule has 194 valence electrons. The van der Waals surface area contributed by atoms with Crippen molar-refractivity contribution in [2.45, 2.75) is 75.0 Å². The van der Waals surface area contributed by atoms with Crippen molar-refractivity contribution in [1.29, 1.82) is 0 Å². The number of nitrogens with zero attached hydrogens (tertiary/aromatic N) is 2. The van der Waals surface area contributed by atoms with Gasteiger partial charge in [0.15, 0.2) is 0 Å². The molecule has 1 aliphatic heterocycles. The molecule has 0 radical (unpaired) electrons. The van der Waals surface area contributed by atoms with E-state index in [0.29, 0.717) is 24.8 Å². The highest BCUT2D eigenvalue weighted by Crippen LogP contribution is 2.45. The normalized spacial score (nSPS) is 30.8. The standard InChI is InChI=1S/C26H29F4N3O3/c1-15-9-25(35,16-4-3-5-17(27)6-16)10-18(32-15)13-36-20-7-21(26(28,29)30)23-22(8-20)31-14-33(23)19-11-24(2,34)12-19/h3-8,14-15,18-19,32,34-35H,9-13H2,1-2H3. The predicted octanol–water partition coefficient (Wildman–Crippen LogP) is 4.69. The Kier molecular flexibility index (Phi) is 6.04. The van der Waals surface area contributed by atoms with Gasteiger partial charge in [-0.25, -0.2) is 9.37 Å². The minimum absolute atomic E-state index is 0.0109. The fraction of sp³-hybridized carbons (Fsp3) is 0.500. The molecular formula is C26H29F4N3O3. The first kappa shape index (κ1) is 25.0. The molecule has 36 heavy (non-hydrogen) atoms. The van der Waals surface area contributed by atoms with Crippen molar-refractivity contribution in [3.8, 4) is 5.75 Å². The SMILES string of the molecule is CC1CC(O)(c2cccc(F)c2)CC(COc2cc(C(F)(F)F)c3c(c2)ncn3C2CC(C)(O)C2)N1. The smallest absolute Gasteiger partial charge is 0.418 e. The number of rotatable bonds is 5. The van der Waals surface area contributed by atoms with Gasteiger partial charge in [-0.1, -0.05) is 12.1 Å². The van der Waals surface area contributed by atoms with Crippen LogP contribution in [0.1, 0.15) is 56.7 Å². The molecule has 10 heteroatoms. The molecule has 3 aromatic rings. The summed E-state index contributed by atoms with van der Waals surface area (Å²) < 4.78 is 63.2. The molecule has 5 rings (SSSR count). The molecule has 0 amide bonds. The van der Waals surface area contributed by atoms with Crippen LogP contribution in [0.2, 0.25) is 0 Å². The average Bonchev–Trinajstić information content (AvgIpc) is 3.18. The monoisotopic (exact) mass is 507 g/mol. The third-order valence-electron chi connectivity index (χ3n) is 7.25. The number of aliphatic hydroxyl groups is 2. The van der Waals surface area contributed by atoms with E-state index in [4.69, 9.17) is 4.74 Å². The van der Waals surface area contributed by atoms with Crippen LogP contribution >= 0.6 is 0 Å². The Morgan fingerprint density at radius 2 is 1.89 bits per heavy atom. The lowest BCUT2D eigenvalue weighted by molar-refractivity contribution is -0.136. The third-order valence-corrected chi connectivity index (χ3v) is 7.25. The van der Waals surface area contributed by atoms with Crippen LogP contribution in [0.5, 0.6) is 5.75 Å². The number of hydrogen-bond donors (Lipinski definition) is 3. The molecule has 2 fully saturated rings. The van der Waals surface area contributed by atoms with E-state index in [1.165, 1.54) is 29.1 Å². The molecular weight excluding hydrogens is 478 g/mol. The molecule has 3 atom stereocenters. The quantitative estimate of drug-likeness (QED) is 0.437. The van der Waals surface area contributed by atoms with Crippen LogP contribution in [0.15, 0.2) is 42.7 Å². The third kappa shape index (κ3) is 4.81. The Labute approximate surface area is 205 Å². The van der Waals surface area contributed by atoms with Crippen molar-refractivity contribution in [1.82, 2.24) is 14.9 Å². The van der Waals surface area contributed by atoms with Crippen molar-refractivity contribution in [3.63, 3.8) is 0 Å². The number of halogens is 4. The van der Waals surface area contributed by atoms with Gasteiger partial charge in [0.05, 0.1) is 34.1 Å². The number of imidazole rings is 1. The summed E-state index contributed by atoms with van der Waals surface area (Å²) in [5, 5.41) is 24.6. The summed E-state index contributed by atoms with van der Waals surface area (Å²) in [6.45, 7) is 3.56. The molecule has 3 unspecified atom stereocenters. The molecule has 0 spiro atoms. The summed E-state index contributed by atoms with van der Waals surface area (Å²) in [5.41, 5.74) is -2.43. The van der Waals surface area contributed by atoms with Gasteiger partial charge in [-0.15, -0.1) is 0 Å². The molecule has 1 saturated heterocycles. The first-order valence-corrected chi connectivity index (χ1v) is 12.0. The Hall–Kier alpha value is -2.69.